The lowest BCUT2D eigenvalue weighted by Crippen LogP contribution is -2.41. The third-order valence-corrected chi connectivity index (χ3v) is 5.68. The number of carbonyl (C=O) groups is 1. The number of para-hydroxylation sites is 1. The summed E-state index contributed by atoms with van der Waals surface area (Å²) in [6.45, 7) is 0.498. The van der Waals surface area contributed by atoms with Crippen LogP contribution in [0.4, 0.5) is 0 Å². The van der Waals surface area contributed by atoms with Crippen LogP contribution in [0.2, 0.25) is 0 Å². The van der Waals surface area contributed by atoms with Crippen LogP contribution < -0.4 is 15.6 Å². The molecule has 2 saturated heterocycles. The van der Waals surface area contributed by atoms with Crippen molar-refractivity contribution in [3.63, 3.8) is 0 Å². The summed E-state index contributed by atoms with van der Waals surface area (Å²) < 4.78 is 5.38. The van der Waals surface area contributed by atoms with E-state index in [9.17, 15) is 15.0 Å². The summed E-state index contributed by atoms with van der Waals surface area (Å²) in [6, 6.07) is 14.1. The second-order valence-corrected chi connectivity index (χ2v) is 7.21. The summed E-state index contributed by atoms with van der Waals surface area (Å²) in [7, 11) is 1.62. The maximum Gasteiger partial charge on any atom is 0.242 e. The van der Waals surface area contributed by atoms with Crippen LogP contribution in [0.25, 0.3) is 0 Å². The minimum absolute atomic E-state index is 0.00306. The Morgan fingerprint density at radius 2 is 1.89 bits per heavy atom. The Hall–Kier alpha value is -2.61. The molecule has 0 aromatic heterocycles. The molecule has 0 bridgehead atoms. The fraction of sp³-hybridized carbons (Fsp3) is 0.381. The number of aliphatic hydroxyl groups excluding tert-OH is 1. The number of likely N-dealkylation sites (tertiary alicyclic amines) is 1. The van der Waals surface area contributed by atoms with Gasteiger partial charge in [0.05, 0.1) is 19.2 Å². The number of hydrogen-bond acceptors (Lipinski definition) is 6. The summed E-state index contributed by atoms with van der Waals surface area (Å²) in [5.74, 6) is 0.810. The fourth-order valence-electron chi connectivity index (χ4n) is 4.43. The zero-order valence-electron chi connectivity index (χ0n) is 15.7. The number of methoxy groups -OCH3 is 1. The minimum atomic E-state index is -0.403. The van der Waals surface area contributed by atoms with Crippen LogP contribution in [0.15, 0.2) is 48.5 Å². The smallest absolute Gasteiger partial charge is 0.242 e. The van der Waals surface area contributed by atoms with Crippen LogP contribution in [-0.2, 0) is 4.79 Å². The summed E-state index contributed by atoms with van der Waals surface area (Å²) in [5.41, 5.74) is 8.08. The molecule has 4 unspecified atom stereocenters. The number of aliphatic hydroxyl groups is 1. The van der Waals surface area contributed by atoms with Gasteiger partial charge in [0.25, 0.3) is 0 Å². The molecule has 0 aliphatic carbocycles. The van der Waals surface area contributed by atoms with E-state index < -0.39 is 6.04 Å². The molecule has 0 radical (unpaired) electrons. The standard InChI is InChI=1S/C21H25N3O4/c1-28-14-7-4-6-13(12-14)20-17-18(15-8-2-3-9-16(15)26)22-23-19(17)21(27)24(20)10-5-11-25/h2-4,6-9,12,17-20,22-23,25-26H,5,10-11H2,1H3. The van der Waals surface area contributed by atoms with E-state index in [4.69, 9.17) is 4.74 Å². The van der Waals surface area contributed by atoms with Gasteiger partial charge < -0.3 is 19.8 Å². The molecule has 4 atom stereocenters. The van der Waals surface area contributed by atoms with Gasteiger partial charge in [-0.1, -0.05) is 30.3 Å². The molecular weight excluding hydrogens is 358 g/mol. The molecule has 2 aromatic carbocycles. The third kappa shape index (κ3) is 3.11. The second-order valence-electron chi connectivity index (χ2n) is 7.21. The van der Waals surface area contributed by atoms with Crippen molar-refractivity contribution in [3.8, 4) is 11.5 Å². The Labute approximate surface area is 163 Å². The van der Waals surface area contributed by atoms with E-state index in [2.05, 4.69) is 10.9 Å². The first-order valence-electron chi connectivity index (χ1n) is 9.50. The van der Waals surface area contributed by atoms with Crippen LogP contribution >= 0.6 is 0 Å². The number of carbonyl (C=O) groups excluding carboxylic acids is 1. The quantitative estimate of drug-likeness (QED) is 0.604. The van der Waals surface area contributed by atoms with Crippen LogP contribution in [0.5, 0.6) is 11.5 Å². The number of benzene rings is 2. The number of fused-ring (bicyclic) bond motifs is 1. The highest BCUT2D eigenvalue weighted by atomic mass is 16.5. The van der Waals surface area contributed by atoms with E-state index in [0.717, 1.165) is 16.9 Å². The lowest BCUT2D eigenvalue weighted by atomic mass is 9.83. The van der Waals surface area contributed by atoms with Gasteiger partial charge in [-0.2, -0.15) is 0 Å². The van der Waals surface area contributed by atoms with Gasteiger partial charge in [0, 0.05) is 24.6 Å². The highest BCUT2D eigenvalue weighted by Gasteiger charge is 2.55. The van der Waals surface area contributed by atoms with Crippen LogP contribution in [-0.4, -0.2) is 47.3 Å². The largest absolute Gasteiger partial charge is 0.508 e. The summed E-state index contributed by atoms with van der Waals surface area (Å²) >= 11 is 0. The average molecular weight is 383 g/mol. The van der Waals surface area contributed by atoms with Gasteiger partial charge in [-0.15, -0.1) is 0 Å². The number of rotatable bonds is 6. The van der Waals surface area contributed by atoms with Gasteiger partial charge in [0.15, 0.2) is 0 Å². The SMILES string of the molecule is COc1cccc(C2C3C(NNC3c3ccccc3O)C(=O)N2CCCO)c1. The van der Waals surface area contributed by atoms with Crippen LogP contribution in [0.3, 0.4) is 0 Å². The molecule has 4 rings (SSSR count). The van der Waals surface area contributed by atoms with Gasteiger partial charge >= 0.3 is 0 Å². The first-order chi connectivity index (χ1) is 13.7. The molecule has 7 heteroatoms. The Balaban J connectivity index is 1.77. The molecule has 1 amide bonds. The molecule has 2 aliphatic rings. The van der Waals surface area contributed by atoms with Gasteiger partial charge in [0.2, 0.25) is 5.91 Å². The normalized spacial score (nSPS) is 26.5. The number of hydrazine groups is 1. The van der Waals surface area contributed by atoms with Crippen molar-refractivity contribution in [2.45, 2.75) is 24.5 Å². The topological polar surface area (TPSA) is 94.1 Å². The monoisotopic (exact) mass is 383 g/mol. The number of phenolic OH excluding ortho intramolecular Hbond substituents is 1. The highest BCUT2D eigenvalue weighted by Crippen LogP contribution is 2.48. The van der Waals surface area contributed by atoms with Crippen LogP contribution in [0.1, 0.15) is 29.6 Å². The molecular formula is C21H25N3O4. The average Bonchev–Trinajstić information content (AvgIpc) is 3.26. The zero-order chi connectivity index (χ0) is 19.7. The molecule has 2 fully saturated rings. The number of phenols is 1. The summed E-state index contributed by atoms with van der Waals surface area (Å²) in [5, 5.41) is 19.7. The minimum Gasteiger partial charge on any atom is -0.508 e. The molecule has 28 heavy (non-hydrogen) atoms. The lowest BCUT2D eigenvalue weighted by Gasteiger charge is -2.31. The van der Waals surface area contributed by atoms with Crippen LogP contribution in [0, 0.1) is 5.92 Å². The Kier molecular flexibility index (Phi) is 5.21. The van der Waals surface area contributed by atoms with Crippen molar-refractivity contribution >= 4 is 5.91 Å². The van der Waals surface area contributed by atoms with Gasteiger partial charge in [-0.25, -0.2) is 10.9 Å². The second kappa shape index (κ2) is 7.79. The predicted molar refractivity (Wildman–Crippen MR) is 104 cm³/mol. The summed E-state index contributed by atoms with van der Waals surface area (Å²) in [4.78, 5) is 15.0. The zero-order valence-corrected chi connectivity index (χ0v) is 15.7. The number of ether oxygens (including phenoxy) is 1. The van der Waals surface area contributed by atoms with E-state index in [-0.39, 0.29) is 36.3 Å². The predicted octanol–water partition coefficient (Wildman–Crippen LogP) is 1.50. The first-order valence-corrected chi connectivity index (χ1v) is 9.50. The van der Waals surface area contributed by atoms with E-state index in [1.165, 1.54) is 0 Å². The van der Waals surface area contributed by atoms with Crippen molar-refractivity contribution in [2.75, 3.05) is 20.3 Å². The molecule has 2 aliphatic heterocycles. The van der Waals surface area contributed by atoms with E-state index in [0.29, 0.717) is 13.0 Å². The Bertz CT molecular complexity index is 859. The molecule has 2 heterocycles. The maximum atomic E-state index is 13.1. The highest BCUT2D eigenvalue weighted by molar-refractivity contribution is 5.86. The number of nitrogens with one attached hydrogen (secondary N) is 2. The third-order valence-electron chi connectivity index (χ3n) is 5.68. The van der Waals surface area contributed by atoms with Crippen molar-refractivity contribution in [3.05, 3.63) is 59.7 Å². The van der Waals surface area contributed by atoms with E-state index >= 15 is 0 Å². The Morgan fingerprint density at radius 1 is 1.11 bits per heavy atom. The van der Waals surface area contributed by atoms with Crippen molar-refractivity contribution in [1.29, 1.82) is 0 Å². The Morgan fingerprint density at radius 3 is 2.64 bits per heavy atom. The van der Waals surface area contributed by atoms with Crippen molar-refractivity contribution in [1.82, 2.24) is 15.8 Å². The molecule has 0 saturated carbocycles. The molecule has 0 spiro atoms. The number of hydrogen-bond donors (Lipinski definition) is 4. The lowest BCUT2D eigenvalue weighted by molar-refractivity contribution is -0.130. The van der Waals surface area contributed by atoms with Crippen molar-refractivity contribution in [2.24, 2.45) is 5.92 Å². The fourth-order valence-corrected chi connectivity index (χ4v) is 4.43. The number of aromatic hydroxyl groups is 1. The van der Waals surface area contributed by atoms with Crippen molar-refractivity contribution < 1.29 is 19.7 Å². The molecule has 7 nitrogen and oxygen atoms in total. The number of nitrogens with zero attached hydrogens (tertiary/aromatic N) is 1. The summed E-state index contributed by atoms with van der Waals surface area (Å²) in [6.07, 6.45) is 0.514. The van der Waals surface area contributed by atoms with E-state index in [1.54, 1.807) is 19.2 Å². The molecule has 4 N–H and O–H groups in total. The van der Waals surface area contributed by atoms with Gasteiger partial charge in [-0.05, 0) is 30.2 Å². The molecule has 2 aromatic rings. The maximum absolute atomic E-state index is 13.1. The molecule has 148 valence electrons. The number of amides is 1. The van der Waals surface area contributed by atoms with E-state index in [1.807, 2.05) is 41.3 Å². The van der Waals surface area contributed by atoms with Gasteiger partial charge in [-0.3, -0.25) is 4.79 Å². The first kappa shape index (κ1) is 18.7. The van der Waals surface area contributed by atoms with Gasteiger partial charge in [0.1, 0.15) is 17.5 Å².